The van der Waals surface area contributed by atoms with Crippen LogP contribution in [0.25, 0.3) is 33.1 Å². The first kappa shape index (κ1) is 33.0. The van der Waals surface area contributed by atoms with Crippen LogP contribution >= 0.6 is 11.8 Å². The van der Waals surface area contributed by atoms with Crippen LogP contribution in [0.1, 0.15) is 51.6 Å². The Morgan fingerprint density at radius 1 is 0.896 bits per heavy atom. The van der Waals surface area contributed by atoms with Crippen LogP contribution in [-0.4, -0.2) is 42.5 Å². The summed E-state index contributed by atoms with van der Waals surface area (Å²) in [6.45, 7) is 10.8. The molecule has 0 aliphatic carbocycles. The molecule has 6 aromatic rings. The Morgan fingerprint density at radius 3 is 2.40 bits per heavy atom. The molecule has 0 saturated heterocycles. The highest BCUT2D eigenvalue weighted by atomic mass is 32.2. The molecule has 0 radical (unpaired) electrons. The molecule has 0 spiro atoms. The molecule has 0 atom stereocenters. The first-order valence-electron chi connectivity index (χ1n) is 15.9. The van der Waals surface area contributed by atoms with E-state index in [9.17, 15) is 9.90 Å². The maximum absolute atomic E-state index is 12.4. The fourth-order valence-electron chi connectivity index (χ4n) is 5.61. The lowest BCUT2D eigenvalue weighted by Crippen LogP contribution is -2.28. The molecule has 48 heavy (non-hydrogen) atoms. The predicted molar refractivity (Wildman–Crippen MR) is 192 cm³/mol. The summed E-state index contributed by atoms with van der Waals surface area (Å²) in [4.78, 5) is 27.7. The molecular formula is C39H40N4O4S. The number of thioether (sulfide) groups is 1. The van der Waals surface area contributed by atoms with E-state index in [2.05, 4.69) is 42.5 Å². The number of hydrogen-bond donors (Lipinski definition) is 1. The second-order valence-electron chi connectivity index (χ2n) is 13.6. The van der Waals surface area contributed by atoms with E-state index in [1.165, 1.54) is 0 Å². The lowest BCUT2D eigenvalue weighted by atomic mass is 9.88. The summed E-state index contributed by atoms with van der Waals surface area (Å²) in [5.41, 5.74) is 5.41. The van der Waals surface area contributed by atoms with Gasteiger partial charge in [-0.05, 0) is 61.4 Å². The van der Waals surface area contributed by atoms with Crippen molar-refractivity contribution in [2.75, 3.05) is 7.11 Å². The first-order valence-corrected chi connectivity index (χ1v) is 16.7. The topological polar surface area (TPSA) is 99.4 Å². The molecule has 0 fully saturated rings. The Labute approximate surface area is 285 Å². The highest BCUT2D eigenvalue weighted by Gasteiger charge is 2.33. The van der Waals surface area contributed by atoms with Gasteiger partial charge in [-0.2, -0.15) is 0 Å². The third kappa shape index (κ3) is 7.31. The zero-order valence-corrected chi connectivity index (χ0v) is 29.0. The normalized spacial score (nSPS) is 12.0. The Balaban J connectivity index is 1.42. The van der Waals surface area contributed by atoms with Gasteiger partial charge in [-0.15, -0.1) is 11.8 Å². The van der Waals surface area contributed by atoms with Crippen molar-refractivity contribution in [1.29, 1.82) is 0 Å². The van der Waals surface area contributed by atoms with Gasteiger partial charge in [-0.3, -0.25) is 9.78 Å². The first-order chi connectivity index (χ1) is 22.9. The summed E-state index contributed by atoms with van der Waals surface area (Å²) in [6.07, 6.45) is 5.76. The quantitative estimate of drug-likeness (QED) is 0.138. The molecule has 0 bridgehead atoms. The van der Waals surface area contributed by atoms with Crippen molar-refractivity contribution in [3.8, 4) is 22.6 Å². The van der Waals surface area contributed by atoms with E-state index in [0.29, 0.717) is 25.3 Å². The zero-order chi connectivity index (χ0) is 34.1. The molecule has 6 rings (SSSR count). The smallest absolute Gasteiger partial charge is 0.309 e. The fraction of sp³-hybridized carbons (Fsp3) is 0.282. The molecule has 1 N–H and O–H groups in total. The molecule has 2 aromatic carbocycles. The number of carboxylic acid groups (broad SMARTS) is 1. The maximum Gasteiger partial charge on any atom is 0.309 e. The number of benzene rings is 2. The number of nitrogens with zero attached hydrogens (tertiary/aromatic N) is 4. The van der Waals surface area contributed by atoms with Gasteiger partial charge in [0.05, 0.1) is 36.5 Å². The maximum atomic E-state index is 12.4. The molecule has 246 valence electrons. The van der Waals surface area contributed by atoms with Crippen molar-refractivity contribution in [2.45, 2.75) is 63.8 Å². The summed E-state index contributed by atoms with van der Waals surface area (Å²) in [5.74, 6) is 0.561. The summed E-state index contributed by atoms with van der Waals surface area (Å²) < 4.78 is 13.6. The summed E-state index contributed by atoms with van der Waals surface area (Å²) >= 11 is 1.72. The number of aliphatic carboxylic acids is 1. The Hall–Kier alpha value is -4.89. The molecule has 0 saturated carbocycles. The number of aromatic nitrogens is 4. The minimum absolute atomic E-state index is 0.150. The molecule has 0 aliphatic rings. The Kier molecular flexibility index (Phi) is 9.16. The van der Waals surface area contributed by atoms with Crippen molar-refractivity contribution in [3.05, 3.63) is 108 Å². The average molecular weight is 661 g/mol. The molecule has 4 heterocycles. The predicted octanol–water partition coefficient (Wildman–Crippen LogP) is 8.83. The van der Waals surface area contributed by atoms with Gasteiger partial charge >= 0.3 is 5.97 Å². The van der Waals surface area contributed by atoms with Gasteiger partial charge in [-0.1, -0.05) is 57.2 Å². The third-order valence-electron chi connectivity index (χ3n) is 8.13. The van der Waals surface area contributed by atoms with Crippen molar-refractivity contribution in [3.63, 3.8) is 0 Å². The van der Waals surface area contributed by atoms with E-state index in [4.69, 9.17) is 19.4 Å². The number of fused-ring (bicyclic) bond motifs is 2. The lowest BCUT2D eigenvalue weighted by Gasteiger charge is -2.24. The van der Waals surface area contributed by atoms with Crippen LogP contribution in [0.4, 0.5) is 0 Å². The molecule has 9 heteroatoms. The number of ether oxygens (including phenoxy) is 2. The molecule has 4 aromatic heterocycles. The van der Waals surface area contributed by atoms with Crippen LogP contribution in [0.15, 0.2) is 96.3 Å². The van der Waals surface area contributed by atoms with Gasteiger partial charge in [0.2, 0.25) is 0 Å². The summed E-state index contributed by atoms with van der Waals surface area (Å²) in [7, 11) is 1.65. The third-order valence-corrected chi connectivity index (χ3v) is 9.40. The number of para-hydroxylation sites is 1. The second-order valence-corrected chi connectivity index (χ2v) is 15.4. The highest BCUT2D eigenvalue weighted by molar-refractivity contribution is 8.00. The van der Waals surface area contributed by atoms with E-state index in [1.54, 1.807) is 38.9 Å². The van der Waals surface area contributed by atoms with Crippen molar-refractivity contribution in [2.24, 2.45) is 5.41 Å². The van der Waals surface area contributed by atoms with E-state index < -0.39 is 11.4 Å². The largest absolute Gasteiger partial charge is 0.497 e. The Bertz CT molecular complexity index is 2100. The minimum atomic E-state index is -1.01. The molecular weight excluding hydrogens is 621 g/mol. The SMILES string of the molecule is COc1ccc(-c2cncc(Cn3c(CC(C)(C)C(=O)O)c(SC(C)(C)C)c4cc(OCc5ccc6ccccc6n5)cnc43)c2)cc1. The minimum Gasteiger partial charge on any atom is -0.497 e. The van der Waals surface area contributed by atoms with E-state index in [-0.39, 0.29) is 4.75 Å². The van der Waals surface area contributed by atoms with Crippen LogP contribution in [0.5, 0.6) is 11.5 Å². The van der Waals surface area contributed by atoms with E-state index >= 15 is 0 Å². The second kappa shape index (κ2) is 13.3. The standard InChI is InChI=1S/C39H40N4O4S/c1-38(2,3)48-35-32-18-31(47-24-29-14-11-27-9-7-8-10-33(27)42-29)22-41-36(32)43(34(35)19-39(4,5)37(44)45)23-25-17-28(21-40-20-25)26-12-15-30(46-6)16-13-26/h7-18,20-22H,19,23-24H2,1-6H3,(H,44,45). The van der Waals surface area contributed by atoms with E-state index in [0.717, 1.165) is 60.7 Å². The lowest BCUT2D eigenvalue weighted by molar-refractivity contribution is -0.146. The highest BCUT2D eigenvalue weighted by Crippen LogP contribution is 2.43. The number of hydrogen-bond acceptors (Lipinski definition) is 7. The number of methoxy groups -OCH3 is 1. The average Bonchev–Trinajstić information content (AvgIpc) is 3.32. The fourth-order valence-corrected chi connectivity index (χ4v) is 6.78. The van der Waals surface area contributed by atoms with Crippen LogP contribution < -0.4 is 9.47 Å². The molecule has 0 unspecified atom stereocenters. The van der Waals surface area contributed by atoms with Gasteiger partial charge in [0, 0.05) is 50.5 Å². The van der Waals surface area contributed by atoms with Crippen molar-refractivity contribution in [1.82, 2.24) is 19.5 Å². The number of rotatable bonds is 11. The van der Waals surface area contributed by atoms with Gasteiger partial charge in [0.15, 0.2) is 0 Å². The van der Waals surface area contributed by atoms with Crippen LogP contribution in [0.2, 0.25) is 0 Å². The molecule has 8 nitrogen and oxygen atoms in total. The number of carbonyl (C=O) groups is 1. The summed E-state index contributed by atoms with van der Waals surface area (Å²) in [6, 6.07) is 24.1. The molecule has 0 aliphatic heterocycles. The van der Waals surface area contributed by atoms with Crippen LogP contribution in [-0.2, 0) is 24.4 Å². The van der Waals surface area contributed by atoms with Crippen LogP contribution in [0, 0.1) is 5.41 Å². The van der Waals surface area contributed by atoms with Gasteiger partial charge < -0.3 is 19.1 Å². The molecule has 0 amide bonds. The van der Waals surface area contributed by atoms with E-state index in [1.807, 2.05) is 73.1 Å². The zero-order valence-electron chi connectivity index (χ0n) is 28.2. The van der Waals surface area contributed by atoms with Gasteiger partial charge in [-0.25, -0.2) is 9.97 Å². The van der Waals surface area contributed by atoms with Crippen LogP contribution in [0.3, 0.4) is 0 Å². The van der Waals surface area contributed by atoms with Gasteiger partial charge in [0.25, 0.3) is 0 Å². The monoisotopic (exact) mass is 660 g/mol. The number of pyridine rings is 3. The Morgan fingerprint density at radius 2 is 1.67 bits per heavy atom. The summed E-state index contributed by atoms with van der Waals surface area (Å²) in [5, 5.41) is 12.2. The van der Waals surface area contributed by atoms with Crippen molar-refractivity contribution < 1.29 is 19.4 Å². The van der Waals surface area contributed by atoms with Gasteiger partial charge in [0.1, 0.15) is 23.8 Å². The number of carboxylic acids is 1. The van der Waals surface area contributed by atoms with Crippen molar-refractivity contribution >= 4 is 39.7 Å².